The lowest BCUT2D eigenvalue weighted by Gasteiger charge is -2.22. The zero-order valence-electron chi connectivity index (χ0n) is 17.7. The van der Waals surface area contributed by atoms with E-state index in [9.17, 15) is 9.59 Å². The molecular weight excluding hydrogens is 374 g/mol. The maximum absolute atomic E-state index is 12.9. The predicted octanol–water partition coefficient (Wildman–Crippen LogP) is 5.46. The Kier molecular flexibility index (Phi) is 5.58. The van der Waals surface area contributed by atoms with E-state index in [0.29, 0.717) is 23.2 Å². The Balaban J connectivity index is 1.52. The molecule has 30 heavy (non-hydrogen) atoms. The molecule has 0 aliphatic heterocycles. The number of aromatic amines is 1. The number of H-pyrrole nitrogens is 1. The summed E-state index contributed by atoms with van der Waals surface area (Å²) in [5.74, 6) is -0.198. The van der Waals surface area contributed by atoms with Gasteiger partial charge in [-0.15, -0.1) is 0 Å². The first-order chi connectivity index (χ1) is 14.5. The topological polar surface area (TPSA) is 59.2 Å². The van der Waals surface area contributed by atoms with E-state index in [1.54, 1.807) is 0 Å². The number of nitrogens with one attached hydrogen (secondary N) is 1. The van der Waals surface area contributed by atoms with Gasteiger partial charge in [0.1, 0.15) is 12.3 Å². The van der Waals surface area contributed by atoms with Gasteiger partial charge >= 0.3 is 5.97 Å². The highest BCUT2D eigenvalue weighted by atomic mass is 16.5. The summed E-state index contributed by atoms with van der Waals surface area (Å²) in [5.41, 5.74) is 7.16. The Morgan fingerprint density at radius 2 is 1.67 bits per heavy atom. The van der Waals surface area contributed by atoms with Gasteiger partial charge in [-0.2, -0.15) is 0 Å². The van der Waals surface area contributed by atoms with Gasteiger partial charge in [-0.1, -0.05) is 61.0 Å². The maximum Gasteiger partial charge on any atom is 0.355 e. The van der Waals surface area contributed by atoms with Crippen molar-refractivity contribution < 1.29 is 14.3 Å². The molecule has 2 aromatic carbocycles. The third-order valence-electron chi connectivity index (χ3n) is 6.04. The first kappa shape index (κ1) is 20.1. The number of carbonyl (C=O) groups excluding carboxylic acids is 2. The van der Waals surface area contributed by atoms with E-state index in [0.717, 1.165) is 29.7 Å². The van der Waals surface area contributed by atoms with Gasteiger partial charge < -0.3 is 9.72 Å². The monoisotopic (exact) mass is 401 g/mol. The van der Waals surface area contributed by atoms with E-state index < -0.39 is 5.97 Å². The van der Waals surface area contributed by atoms with Crippen molar-refractivity contribution in [3.8, 4) is 0 Å². The molecule has 0 amide bonds. The molecule has 0 saturated carbocycles. The molecule has 4 rings (SSSR count). The van der Waals surface area contributed by atoms with Gasteiger partial charge in [0.2, 0.25) is 0 Å². The quantitative estimate of drug-likeness (QED) is 0.577. The average molecular weight is 402 g/mol. The second-order valence-electron chi connectivity index (χ2n) is 8.16. The number of esters is 1. The molecule has 1 unspecified atom stereocenters. The minimum atomic E-state index is -0.417. The third kappa shape index (κ3) is 3.95. The Labute approximate surface area is 177 Å². The van der Waals surface area contributed by atoms with E-state index in [4.69, 9.17) is 4.74 Å². The summed E-state index contributed by atoms with van der Waals surface area (Å²) in [5, 5.41) is 0. The van der Waals surface area contributed by atoms with Crippen molar-refractivity contribution in [2.24, 2.45) is 0 Å². The van der Waals surface area contributed by atoms with E-state index in [-0.39, 0.29) is 18.3 Å². The fourth-order valence-corrected chi connectivity index (χ4v) is 4.20. The van der Waals surface area contributed by atoms with Crippen molar-refractivity contribution in [3.05, 3.63) is 93.3 Å². The number of fused-ring (bicyclic) bond motifs is 1. The summed E-state index contributed by atoms with van der Waals surface area (Å²) < 4.78 is 5.50. The number of benzene rings is 2. The van der Waals surface area contributed by atoms with Crippen LogP contribution in [0.25, 0.3) is 0 Å². The number of ether oxygens (including phenoxy) is 1. The Hall–Kier alpha value is -3.14. The molecule has 154 valence electrons. The van der Waals surface area contributed by atoms with Crippen LogP contribution < -0.4 is 0 Å². The normalized spacial score (nSPS) is 15.7. The predicted molar refractivity (Wildman–Crippen MR) is 117 cm³/mol. The van der Waals surface area contributed by atoms with Gasteiger partial charge in [0.15, 0.2) is 5.78 Å². The van der Waals surface area contributed by atoms with Crippen LogP contribution in [-0.4, -0.2) is 16.7 Å². The van der Waals surface area contributed by atoms with Crippen molar-refractivity contribution in [3.63, 3.8) is 0 Å². The second kappa shape index (κ2) is 8.31. The molecule has 4 heteroatoms. The smallest absolute Gasteiger partial charge is 0.355 e. The SMILES string of the molecule is CCc1ccc(C2CC(=O)c3c([nH]c(C(=O)OCc4ccc(C)cc4)c3C)C2)cc1. The number of carbonyl (C=O) groups is 2. The molecule has 1 atom stereocenters. The Morgan fingerprint density at radius 3 is 2.33 bits per heavy atom. The van der Waals surface area contributed by atoms with Crippen molar-refractivity contribution in [1.82, 2.24) is 4.98 Å². The van der Waals surface area contributed by atoms with Gasteiger partial charge in [0.25, 0.3) is 0 Å². The lowest BCUT2D eigenvalue weighted by Crippen LogP contribution is -2.18. The Morgan fingerprint density at radius 1 is 1.00 bits per heavy atom. The van der Waals surface area contributed by atoms with E-state index >= 15 is 0 Å². The molecule has 0 fully saturated rings. The molecule has 3 aromatic rings. The fourth-order valence-electron chi connectivity index (χ4n) is 4.20. The summed E-state index contributed by atoms with van der Waals surface area (Å²) in [7, 11) is 0. The standard InChI is InChI=1S/C26H27NO3/c1-4-18-9-11-20(12-10-18)21-13-22-24(23(28)14-21)17(3)25(27-22)26(29)30-15-19-7-5-16(2)6-8-19/h5-12,21,27H,4,13-15H2,1-3H3. The number of hydrogen-bond acceptors (Lipinski definition) is 3. The highest BCUT2D eigenvalue weighted by Gasteiger charge is 2.32. The fraction of sp³-hybridized carbons (Fsp3) is 0.308. The van der Waals surface area contributed by atoms with E-state index in [1.165, 1.54) is 11.1 Å². The minimum absolute atomic E-state index is 0.0900. The van der Waals surface area contributed by atoms with Crippen LogP contribution in [0.2, 0.25) is 0 Å². The first-order valence-electron chi connectivity index (χ1n) is 10.5. The van der Waals surface area contributed by atoms with Gasteiger partial charge in [0, 0.05) is 17.7 Å². The Bertz CT molecular complexity index is 1070. The second-order valence-corrected chi connectivity index (χ2v) is 8.16. The summed E-state index contributed by atoms with van der Waals surface area (Å²) in [6.07, 6.45) is 2.19. The summed E-state index contributed by atoms with van der Waals surface area (Å²) in [6.45, 7) is 6.19. The van der Waals surface area contributed by atoms with Gasteiger partial charge in [-0.25, -0.2) is 4.79 Å². The molecule has 1 aliphatic carbocycles. The number of aromatic nitrogens is 1. The van der Waals surface area contributed by atoms with Crippen molar-refractivity contribution in [2.45, 2.75) is 52.6 Å². The van der Waals surface area contributed by atoms with E-state index in [1.807, 2.05) is 38.1 Å². The molecule has 1 heterocycles. The number of aryl methyl sites for hydroxylation is 2. The average Bonchev–Trinajstić information content (AvgIpc) is 3.10. The van der Waals surface area contributed by atoms with Gasteiger partial charge in [-0.3, -0.25) is 4.79 Å². The van der Waals surface area contributed by atoms with Crippen LogP contribution in [0.1, 0.15) is 73.6 Å². The van der Waals surface area contributed by atoms with Crippen LogP contribution in [0.3, 0.4) is 0 Å². The van der Waals surface area contributed by atoms with Gasteiger partial charge in [-0.05, 0) is 54.9 Å². The summed E-state index contributed by atoms with van der Waals surface area (Å²) in [4.78, 5) is 28.8. The maximum atomic E-state index is 12.9. The van der Waals surface area contributed by atoms with E-state index in [2.05, 4.69) is 36.2 Å². The number of Topliss-reactive ketones (excluding diaryl/α,β-unsaturated/α-hetero) is 1. The van der Waals surface area contributed by atoms with Crippen molar-refractivity contribution in [1.29, 1.82) is 0 Å². The lowest BCUT2D eigenvalue weighted by atomic mass is 9.81. The van der Waals surface area contributed by atoms with Crippen LogP contribution in [-0.2, 0) is 24.2 Å². The molecule has 1 aromatic heterocycles. The number of ketones is 1. The molecule has 1 N–H and O–H groups in total. The van der Waals surface area contributed by atoms with Crippen LogP contribution in [0, 0.1) is 13.8 Å². The molecule has 0 spiro atoms. The first-order valence-corrected chi connectivity index (χ1v) is 10.5. The zero-order chi connectivity index (χ0) is 21.3. The van der Waals surface area contributed by atoms with Gasteiger partial charge in [0.05, 0.1) is 0 Å². The van der Waals surface area contributed by atoms with Crippen molar-refractivity contribution >= 4 is 11.8 Å². The molecule has 1 aliphatic rings. The van der Waals surface area contributed by atoms with Crippen LogP contribution in [0.5, 0.6) is 0 Å². The highest BCUT2D eigenvalue weighted by molar-refractivity contribution is 6.03. The molecule has 0 saturated heterocycles. The largest absolute Gasteiger partial charge is 0.456 e. The minimum Gasteiger partial charge on any atom is -0.456 e. The molecule has 4 nitrogen and oxygen atoms in total. The summed E-state index contributed by atoms with van der Waals surface area (Å²) in [6, 6.07) is 16.4. The molecule has 0 bridgehead atoms. The third-order valence-corrected chi connectivity index (χ3v) is 6.04. The van der Waals surface area contributed by atoms with Crippen molar-refractivity contribution in [2.75, 3.05) is 0 Å². The zero-order valence-corrected chi connectivity index (χ0v) is 17.7. The highest BCUT2D eigenvalue weighted by Crippen LogP contribution is 2.35. The van der Waals surface area contributed by atoms with Crippen LogP contribution in [0.15, 0.2) is 48.5 Å². The summed E-state index contributed by atoms with van der Waals surface area (Å²) >= 11 is 0. The van der Waals surface area contributed by atoms with Crippen LogP contribution in [0.4, 0.5) is 0 Å². The number of hydrogen-bond donors (Lipinski definition) is 1. The number of rotatable bonds is 5. The molecule has 0 radical (unpaired) electrons. The van der Waals surface area contributed by atoms with Crippen LogP contribution >= 0.6 is 0 Å². The lowest BCUT2D eigenvalue weighted by molar-refractivity contribution is 0.0465. The molecular formula is C26H27NO3.